The third-order valence-corrected chi connectivity index (χ3v) is 5.28. The molecule has 0 aliphatic rings. The predicted molar refractivity (Wildman–Crippen MR) is 124 cm³/mol. The molecule has 1 heterocycles. The molecule has 11 heteroatoms. The molecule has 1 N–H and O–H groups in total. The van der Waals surface area contributed by atoms with Crippen molar-refractivity contribution in [2.45, 2.75) is 25.7 Å². The average molecular weight is 490 g/mol. The second-order valence-electron chi connectivity index (χ2n) is 7.83. The number of nitrogens with zero attached hydrogens (tertiary/aromatic N) is 3. The maximum atomic E-state index is 13.1. The van der Waals surface area contributed by atoms with E-state index < -0.39 is 22.7 Å². The number of nitro benzene ring substituents is 1. The Balaban J connectivity index is 1.74. The normalized spacial score (nSPS) is 11.3. The highest BCUT2D eigenvalue weighted by molar-refractivity contribution is 5.89. The summed E-state index contributed by atoms with van der Waals surface area (Å²) in [5.74, 6) is 0. The Morgan fingerprint density at radius 2 is 1.89 bits per heavy atom. The molecule has 0 unspecified atom stereocenters. The zero-order valence-electron chi connectivity index (χ0n) is 19.0. The quantitative estimate of drug-likeness (QED) is 0.230. The first-order chi connectivity index (χ1) is 16.7. The van der Waals surface area contributed by atoms with Crippen molar-refractivity contribution < 1.29 is 27.6 Å². The van der Waals surface area contributed by atoms with Gasteiger partial charge in [-0.25, -0.2) is 4.79 Å². The molecule has 0 spiro atoms. The molecule has 2 amide bonds. The Morgan fingerprint density at radius 1 is 1.14 bits per heavy atom. The first kappa shape index (κ1) is 25.8. The fraction of sp³-hybridized carbons (Fsp3) is 0.292. The van der Waals surface area contributed by atoms with E-state index >= 15 is 0 Å². The van der Waals surface area contributed by atoms with Gasteiger partial charge in [0.25, 0.3) is 5.69 Å². The Hall–Kier alpha value is -3.86. The van der Waals surface area contributed by atoms with Crippen molar-refractivity contribution in [3.8, 4) is 0 Å². The SMILES string of the molecule is COCCCN(Cc1cccn1Cc1cccc(C(F)(F)F)c1)C(=O)Nc1ccc([N+](=O)[O-])cc1. The lowest BCUT2D eigenvalue weighted by Crippen LogP contribution is -2.36. The lowest BCUT2D eigenvalue weighted by Gasteiger charge is -2.24. The third-order valence-electron chi connectivity index (χ3n) is 5.28. The van der Waals surface area contributed by atoms with E-state index in [4.69, 9.17) is 4.74 Å². The number of carbonyl (C=O) groups excluding carboxylic acids is 1. The molecular formula is C24H25F3N4O4. The number of aromatic nitrogens is 1. The number of hydrogen-bond donors (Lipinski definition) is 1. The molecule has 0 atom stereocenters. The number of hydrogen-bond acceptors (Lipinski definition) is 4. The number of benzene rings is 2. The van der Waals surface area contributed by atoms with Crippen LogP contribution in [0.2, 0.25) is 0 Å². The van der Waals surface area contributed by atoms with Crippen molar-refractivity contribution in [3.05, 3.63) is 93.8 Å². The first-order valence-electron chi connectivity index (χ1n) is 10.8. The summed E-state index contributed by atoms with van der Waals surface area (Å²) >= 11 is 0. The molecule has 0 bridgehead atoms. The number of amides is 2. The van der Waals surface area contributed by atoms with Crippen LogP contribution in [0.15, 0.2) is 66.9 Å². The lowest BCUT2D eigenvalue weighted by molar-refractivity contribution is -0.384. The molecular weight excluding hydrogens is 465 g/mol. The van der Waals surface area contributed by atoms with E-state index in [0.29, 0.717) is 30.8 Å². The molecule has 0 fully saturated rings. The summed E-state index contributed by atoms with van der Waals surface area (Å²) in [7, 11) is 1.56. The van der Waals surface area contributed by atoms with Crippen LogP contribution in [-0.4, -0.2) is 40.7 Å². The number of halogens is 3. The van der Waals surface area contributed by atoms with E-state index in [1.807, 2.05) is 0 Å². The maximum absolute atomic E-state index is 13.1. The third kappa shape index (κ3) is 7.31. The smallest absolute Gasteiger partial charge is 0.385 e. The van der Waals surface area contributed by atoms with Gasteiger partial charge in [-0.15, -0.1) is 0 Å². The van der Waals surface area contributed by atoms with Gasteiger partial charge in [-0.3, -0.25) is 10.1 Å². The van der Waals surface area contributed by atoms with Crippen LogP contribution in [0.5, 0.6) is 0 Å². The summed E-state index contributed by atoms with van der Waals surface area (Å²) in [4.78, 5) is 24.8. The number of urea groups is 1. The standard InChI is InChI=1S/C24H25F3N4O4/c1-35-14-4-13-30(23(32)28-20-8-10-21(11-9-20)31(33)34)17-22-7-3-12-29(22)16-18-5-2-6-19(15-18)24(25,26)27/h2-3,5-12,15H,4,13-14,16-17H2,1H3,(H,28,32). The highest BCUT2D eigenvalue weighted by atomic mass is 19.4. The van der Waals surface area contributed by atoms with Gasteiger partial charge in [0, 0.05) is 56.5 Å². The number of nitro groups is 1. The van der Waals surface area contributed by atoms with Gasteiger partial charge in [0.2, 0.25) is 0 Å². The van der Waals surface area contributed by atoms with Gasteiger partial charge in [0.05, 0.1) is 17.0 Å². The van der Waals surface area contributed by atoms with Crippen LogP contribution in [-0.2, 0) is 24.0 Å². The number of methoxy groups -OCH3 is 1. The molecule has 0 aliphatic heterocycles. The molecule has 8 nitrogen and oxygen atoms in total. The molecule has 0 radical (unpaired) electrons. The number of nitrogens with one attached hydrogen (secondary N) is 1. The minimum Gasteiger partial charge on any atom is -0.385 e. The van der Waals surface area contributed by atoms with E-state index in [9.17, 15) is 28.1 Å². The molecule has 1 aromatic heterocycles. The minimum absolute atomic E-state index is 0.0904. The molecule has 35 heavy (non-hydrogen) atoms. The summed E-state index contributed by atoms with van der Waals surface area (Å²) < 4.78 is 46.1. The Morgan fingerprint density at radius 3 is 2.54 bits per heavy atom. The van der Waals surface area contributed by atoms with E-state index in [-0.39, 0.29) is 18.8 Å². The number of non-ortho nitro benzene ring substituents is 1. The van der Waals surface area contributed by atoms with Crippen LogP contribution in [0.1, 0.15) is 23.2 Å². The van der Waals surface area contributed by atoms with Gasteiger partial charge >= 0.3 is 12.2 Å². The summed E-state index contributed by atoms with van der Waals surface area (Å²) in [5, 5.41) is 13.6. The van der Waals surface area contributed by atoms with Gasteiger partial charge in [-0.2, -0.15) is 13.2 Å². The zero-order valence-corrected chi connectivity index (χ0v) is 19.0. The van der Waals surface area contributed by atoms with Crippen LogP contribution in [0.4, 0.5) is 29.3 Å². The number of anilines is 1. The summed E-state index contributed by atoms with van der Waals surface area (Å²) in [6.45, 7) is 1.21. The topological polar surface area (TPSA) is 89.6 Å². The van der Waals surface area contributed by atoms with Crippen molar-refractivity contribution in [2.75, 3.05) is 25.6 Å². The summed E-state index contributed by atoms with van der Waals surface area (Å²) in [6.07, 6.45) is -2.11. The number of rotatable bonds is 10. The Labute approximate surface area is 200 Å². The number of ether oxygens (including phenoxy) is 1. The maximum Gasteiger partial charge on any atom is 0.416 e. The summed E-state index contributed by atoms with van der Waals surface area (Å²) in [5.41, 5.74) is 0.814. The van der Waals surface area contributed by atoms with Crippen LogP contribution >= 0.6 is 0 Å². The minimum atomic E-state index is -4.43. The molecule has 2 aromatic carbocycles. The fourth-order valence-electron chi connectivity index (χ4n) is 3.51. The van der Waals surface area contributed by atoms with Crippen LogP contribution < -0.4 is 5.32 Å². The van der Waals surface area contributed by atoms with E-state index in [1.54, 1.807) is 41.0 Å². The zero-order chi connectivity index (χ0) is 25.4. The Kier molecular flexibility index (Phi) is 8.48. The van der Waals surface area contributed by atoms with Crippen molar-refractivity contribution in [3.63, 3.8) is 0 Å². The van der Waals surface area contributed by atoms with E-state index in [2.05, 4.69) is 5.32 Å². The highest BCUT2D eigenvalue weighted by Gasteiger charge is 2.30. The van der Waals surface area contributed by atoms with Crippen molar-refractivity contribution in [1.82, 2.24) is 9.47 Å². The average Bonchev–Trinajstić information content (AvgIpc) is 3.25. The lowest BCUT2D eigenvalue weighted by atomic mass is 10.1. The van der Waals surface area contributed by atoms with Gasteiger partial charge < -0.3 is 19.5 Å². The summed E-state index contributed by atoms with van der Waals surface area (Å²) in [6, 6.07) is 13.8. The van der Waals surface area contributed by atoms with E-state index in [1.165, 1.54) is 30.3 Å². The number of alkyl halides is 3. The second kappa shape index (κ2) is 11.5. The molecule has 186 valence electrons. The van der Waals surface area contributed by atoms with Gasteiger partial charge in [-0.1, -0.05) is 12.1 Å². The van der Waals surface area contributed by atoms with Gasteiger partial charge in [0.1, 0.15) is 0 Å². The monoisotopic (exact) mass is 490 g/mol. The van der Waals surface area contributed by atoms with Gasteiger partial charge in [-0.05, 0) is 48.4 Å². The molecule has 0 saturated carbocycles. The van der Waals surface area contributed by atoms with Crippen molar-refractivity contribution in [1.29, 1.82) is 0 Å². The second-order valence-corrected chi connectivity index (χ2v) is 7.83. The van der Waals surface area contributed by atoms with Gasteiger partial charge in [0.15, 0.2) is 0 Å². The number of carbonyl (C=O) groups is 1. The van der Waals surface area contributed by atoms with Crippen LogP contribution in [0.3, 0.4) is 0 Å². The van der Waals surface area contributed by atoms with Crippen LogP contribution in [0.25, 0.3) is 0 Å². The molecule has 3 aromatic rings. The van der Waals surface area contributed by atoms with Crippen molar-refractivity contribution >= 4 is 17.4 Å². The van der Waals surface area contributed by atoms with Crippen molar-refractivity contribution in [2.24, 2.45) is 0 Å². The molecule has 3 rings (SSSR count). The molecule has 0 aliphatic carbocycles. The first-order valence-corrected chi connectivity index (χ1v) is 10.8. The fourth-order valence-corrected chi connectivity index (χ4v) is 3.51. The highest BCUT2D eigenvalue weighted by Crippen LogP contribution is 2.29. The van der Waals surface area contributed by atoms with E-state index in [0.717, 1.165) is 17.8 Å². The largest absolute Gasteiger partial charge is 0.416 e. The Bertz CT molecular complexity index is 1150. The van der Waals surface area contributed by atoms with Crippen LogP contribution in [0, 0.1) is 10.1 Å². The molecule has 0 saturated heterocycles. The predicted octanol–water partition coefficient (Wildman–Crippen LogP) is 5.53.